The maximum atomic E-state index is 12.8. The van der Waals surface area contributed by atoms with Crippen LogP contribution in [0.15, 0.2) is 42.5 Å². The maximum Gasteiger partial charge on any atom is 0.203 e. The predicted molar refractivity (Wildman–Crippen MR) is 90.4 cm³/mol. The van der Waals surface area contributed by atoms with Gasteiger partial charge in [-0.25, -0.2) is 0 Å². The van der Waals surface area contributed by atoms with Crippen LogP contribution in [-0.2, 0) is 0 Å². The average molecular weight is 297 g/mol. The van der Waals surface area contributed by atoms with Gasteiger partial charge in [-0.15, -0.1) is 0 Å². The fourth-order valence-electron chi connectivity index (χ4n) is 2.52. The number of hydrogen-bond donors (Lipinski definition) is 1. The third-order valence-corrected chi connectivity index (χ3v) is 3.63. The highest BCUT2D eigenvalue weighted by molar-refractivity contribution is 6.01. The Balaban J connectivity index is 2.24. The van der Waals surface area contributed by atoms with Gasteiger partial charge in [0.2, 0.25) is 5.78 Å². The summed E-state index contributed by atoms with van der Waals surface area (Å²) < 4.78 is 5.91. The Morgan fingerprint density at radius 3 is 2.59 bits per heavy atom. The standard InChI is InChI=1S/C19H23NO2/c1-4-6-18(22-16-8-5-7-15(20)12-16)19(21)17-10-9-13(2)11-14(17)3/h5,7-12,18H,4,6,20H2,1-3H3. The van der Waals surface area contributed by atoms with Gasteiger partial charge < -0.3 is 10.5 Å². The van der Waals surface area contributed by atoms with Crippen molar-refractivity contribution in [3.05, 3.63) is 59.2 Å². The second-order valence-electron chi connectivity index (χ2n) is 5.65. The summed E-state index contributed by atoms with van der Waals surface area (Å²) >= 11 is 0. The highest BCUT2D eigenvalue weighted by Gasteiger charge is 2.22. The molecule has 0 saturated carbocycles. The van der Waals surface area contributed by atoms with Gasteiger partial charge in [-0.1, -0.05) is 43.2 Å². The largest absolute Gasteiger partial charge is 0.482 e. The molecule has 22 heavy (non-hydrogen) atoms. The molecule has 116 valence electrons. The molecule has 1 atom stereocenters. The first-order chi connectivity index (χ1) is 10.5. The lowest BCUT2D eigenvalue weighted by Crippen LogP contribution is -2.28. The van der Waals surface area contributed by atoms with Crippen LogP contribution in [0.4, 0.5) is 5.69 Å². The Morgan fingerprint density at radius 1 is 1.18 bits per heavy atom. The number of rotatable bonds is 6. The number of carbonyl (C=O) groups excluding carboxylic acids is 1. The molecule has 0 fully saturated rings. The summed E-state index contributed by atoms with van der Waals surface area (Å²) in [7, 11) is 0. The van der Waals surface area contributed by atoms with Crippen molar-refractivity contribution in [1.82, 2.24) is 0 Å². The van der Waals surface area contributed by atoms with Crippen LogP contribution in [0.3, 0.4) is 0 Å². The first-order valence-electron chi connectivity index (χ1n) is 7.65. The zero-order valence-corrected chi connectivity index (χ0v) is 13.4. The number of anilines is 1. The monoisotopic (exact) mass is 297 g/mol. The van der Waals surface area contributed by atoms with Gasteiger partial charge in [0.1, 0.15) is 5.75 Å². The molecule has 3 nitrogen and oxygen atoms in total. The van der Waals surface area contributed by atoms with Crippen LogP contribution >= 0.6 is 0 Å². The highest BCUT2D eigenvalue weighted by Crippen LogP contribution is 2.21. The van der Waals surface area contributed by atoms with Crippen LogP contribution in [0.2, 0.25) is 0 Å². The summed E-state index contributed by atoms with van der Waals surface area (Å²) in [6, 6.07) is 13.1. The van der Waals surface area contributed by atoms with Crippen molar-refractivity contribution in [1.29, 1.82) is 0 Å². The fraction of sp³-hybridized carbons (Fsp3) is 0.316. The quantitative estimate of drug-likeness (QED) is 0.638. The van der Waals surface area contributed by atoms with Crippen LogP contribution in [0.5, 0.6) is 5.75 Å². The summed E-state index contributed by atoms with van der Waals surface area (Å²) in [6.07, 6.45) is 1.08. The minimum Gasteiger partial charge on any atom is -0.482 e. The SMILES string of the molecule is CCCC(Oc1cccc(N)c1)C(=O)c1ccc(C)cc1C. The van der Waals surface area contributed by atoms with Crippen LogP contribution < -0.4 is 10.5 Å². The zero-order valence-electron chi connectivity index (χ0n) is 13.4. The first-order valence-corrected chi connectivity index (χ1v) is 7.65. The predicted octanol–water partition coefficient (Wildman–Crippen LogP) is 4.32. The van der Waals surface area contributed by atoms with Crippen molar-refractivity contribution in [3.63, 3.8) is 0 Å². The van der Waals surface area contributed by atoms with E-state index in [0.717, 1.165) is 23.1 Å². The summed E-state index contributed by atoms with van der Waals surface area (Å²) in [5.74, 6) is 0.665. The molecule has 3 heteroatoms. The topological polar surface area (TPSA) is 52.3 Å². The van der Waals surface area contributed by atoms with Crippen LogP contribution in [0.1, 0.15) is 41.3 Å². The van der Waals surface area contributed by atoms with Crippen molar-refractivity contribution in [3.8, 4) is 5.75 Å². The minimum absolute atomic E-state index is 0.0294. The molecular weight excluding hydrogens is 274 g/mol. The molecule has 2 rings (SSSR count). The molecule has 0 saturated heterocycles. The molecule has 0 heterocycles. The average Bonchev–Trinajstić information content (AvgIpc) is 2.46. The summed E-state index contributed by atoms with van der Waals surface area (Å²) in [6.45, 7) is 6.03. The van der Waals surface area contributed by atoms with Gasteiger partial charge in [0.05, 0.1) is 0 Å². The molecule has 0 aromatic heterocycles. The molecule has 0 aliphatic rings. The maximum absolute atomic E-state index is 12.8. The third kappa shape index (κ3) is 3.88. The molecule has 0 bridgehead atoms. The smallest absolute Gasteiger partial charge is 0.203 e. The number of nitrogens with two attached hydrogens (primary N) is 1. The minimum atomic E-state index is -0.479. The van der Waals surface area contributed by atoms with Gasteiger partial charge in [-0.2, -0.15) is 0 Å². The molecule has 0 amide bonds. The Hall–Kier alpha value is -2.29. The Bertz CT molecular complexity index is 664. The number of benzene rings is 2. The fourth-order valence-corrected chi connectivity index (χ4v) is 2.52. The number of hydrogen-bond acceptors (Lipinski definition) is 3. The number of aryl methyl sites for hydroxylation is 2. The van der Waals surface area contributed by atoms with E-state index in [4.69, 9.17) is 10.5 Å². The lowest BCUT2D eigenvalue weighted by atomic mass is 9.97. The second kappa shape index (κ2) is 7.12. The number of nitrogen functional groups attached to an aromatic ring is 1. The van der Waals surface area contributed by atoms with Gasteiger partial charge in [-0.05, 0) is 38.0 Å². The third-order valence-electron chi connectivity index (χ3n) is 3.63. The molecule has 1 unspecified atom stereocenters. The van der Waals surface area contributed by atoms with Crippen molar-refractivity contribution < 1.29 is 9.53 Å². The summed E-state index contributed by atoms with van der Waals surface area (Å²) in [5.41, 5.74) is 9.27. The van der Waals surface area contributed by atoms with Crippen molar-refractivity contribution >= 4 is 11.5 Å². The Morgan fingerprint density at radius 2 is 1.95 bits per heavy atom. The number of carbonyl (C=O) groups is 1. The van der Waals surface area contributed by atoms with Gasteiger partial charge >= 0.3 is 0 Å². The van der Waals surface area contributed by atoms with Gasteiger partial charge in [0.25, 0.3) is 0 Å². The van der Waals surface area contributed by atoms with Crippen molar-refractivity contribution in [2.75, 3.05) is 5.73 Å². The van der Waals surface area contributed by atoms with E-state index in [0.29, 0.717) is 17.9 Å². The van der Waals surface area contributed by atoms with E-state index in [1.54, 1.807) is 12.1 Å². The molecular formula is C19H23NO2. The van der Waals surface area contributed by atoms with Gasteiger partial charge in [0.15, 0.2) is 6.10 Å². The number of ketones is 1. The van der Waals surface area contributed by atoms with E-state index in [1.807, 2.05) is 51.1 Å². The van der Waals surface area contributed by atoms with Gasteiger partial charge in [0, 0.05) is 17.3 Å². The van der Waals surface area contributed by atoms with E-state index in [9.17, 15) is 4.79 Å². The summed E-state index contributed by atoms with van der Waals surface area (Å²) in [4.78, 5) is 12.8. The zero-order chi connectivity index (χ0) is 16.1. The molecule has 0 aliphatic carbocycles. The molecule has 0 aliphatic heterocycles. The van der Waals surface area contributed by atoms with E-state index < -0.39 is 6.10 Å². The van der Waals surface area contributed by atoms with Crippen LogP contribution in [0, 0.1) is 13.8 Å². The molecule has 2 aromatic rings. The normalized spacial score (nSPS) is 12.0. The molecule has 2 aromatic carbocycles. The first kappa shape index (κ1) is 16.1. The van der Waals surface area contributed by atoms with E-state index in [1.165, 1.54) is 0 Å². The van der Waals surface area contributed by atoms with Crippen LogP contribution in [0.25, 0.3) is 0 Å². The summed E-state index contributed by atoms with van der Waals surface area (Å²) in [5, 5.41) is 0. The lowest BCUT2D eigenvalue weighted by molar-refractivity contribution is 0.0776. The van der Waals surface area contributed by atoms with E-state index >= 15 is 0 Å². The molecule has 0 radical (unpaired) electrons. The van der Waals surface area contributed by atoms with Crippen LogP contribution in [-0.4, -0.2) is 11.9 Å². The van der Waals surface area contributed by atoms with Gasteiger partial charge in [-0.3, -0.25) is 4.79 Å². The lowest BCUT2D eigenvalue weighted by Gasteiger charge is -2.19. The Labute approximate surface area is 132 Å². The number of Topliss-reactive ketones (excluding diaryl/α,β-unsaturated/α-hetero) is 1. The van der Waals surface area contributed by atoms with Crippen molar-refractivity contribution in [2.24, 2.45) is 0 Å². The van der Waals surface area contributed by atoms with E-state index in [-0.39, 0.29) is 5.78 Å². The highest BCUT2D eigenvalue weighted by atomic mass is 16.5. The Kier molecular flexibility index (Phi) is 5.21. The molecule has 0 spiro atoms. The second-order valence-corrected chi connectivity index (χ2v) is 5.65. The molecule has 2 N–H and O–H groups in total. The van der Waals surface area contributed by atoms with Crippen molar-refractivity contribution in [2.45, 2.75) is 39.7 Å². The number of ether oxygens (including phenoxy) is 1. The van der Waals surface area contributed by atoms with E-state index in [2.05, 4.69) is 0 Å².